The summed E-state index contributed by atoms with van der Waals surface area (Å²) in [6.45, 7) is 11.2. The number of aliphatic hydroxyl groups excluding tert-OH is 2. The molecule has 9 heteroatoms. The van der Waals surface area contributed by atoms with Crippen LogP contribution in [0.3, 0.4) is 0 Å². The van der Waals surface area contributed by atoms with Gasteiger partial charge in [-0.15, -0.1) is 0 Å². The summed E-state index contributed by atoms with van der Waals surface area (Å²) in [4.78, 5) is 18.1. The van der Waals surface area contributed by atoms with Gasteiger partial charge >= 0.3 is 0 Å². The molecule has 0 spiro atoms. The minimum atomic E-state index is -0.907. The molecule has 0 unspecified atom stereocenters. The zero-order valence-corrected chi connectivity index (χ0v) is 21.9. The number of nitrogens with zero attached hydrogens (tertiary/aromatic N) is 3. The lowest BCUT2D eigenvalue weighted by molar-refractivity contribution is -0.124. The van der Waals surface area contributed by atoms with E-state index in [1.54, 1.807) is 0 Å². The van der Waals surface area contributed by atoms with Gasteiger partial charge in [-0.05, 0) is 81.7 Å². The zero-order chi connectivity index (χ0) is 26.4. The van der Waals surface area contributed by atoms with Crippen molar-refractivity contribution in [2.24, 2.45) is 0 Å². The van der Waals surface area contributed by atoms with E-state index in [4.69, 9.17) is 19.4 Å². The molecule has 0 radical (unpaired) electrons. The highest BCUT2D eigenvalue weighted by Gasteiger charge is 2.19. The van der Waals surface area contributed by atoms with Gasteiger partial charge < -0.3 is 29.7 Å². The second-order valence-corrected chi connectivity index (χ2v) is 9.21. The minimum Gasteiger partial charge on any atom is -0.490 e. The van der Waals surface area contributed by atoms with Crippen LogP contribution in [0.15, 0.2) is 28.8 Å². The van der Waals surface area contributed by atoms with E-state index in [-0.39, 0.29) is 13.2 Å². The Bertz CT molecular complexity index is 1210. The van der Waals surface area contributed by atoms with E-state index in [0.29, 0.717) is 17.5 Å². The molecule has 3 N–H and O–H groups in total. The summed E-state index contributed by atoms with van der Waals surface area (Å²) in [6, 6.07) is 8.25. The van der Waals surface area contributed by atoms with Gasteiger partial charge in [0, 0.05) is 24.2 Å². The Hall–Kier alpha value is -3.27. The lowest BCUT2D eigenvalue weighted by Gasteiger charge is -2.18. The normalized spacial score (nSPS) is 12.1. The van der Waals surface area contributed by atoms with Gasteiger partial charge in [0.2, 0.25) is 11.7 Å². The molecule has 1 atom stereocenters. The number of hydrogen-bond acceptors (Lipinski definition) is 8. The topological polar surface area (TPSA) is 121 Å². The summed E-state index contributed by atoms with van der Waals surface area (Å²) in [5.41, 5.74) is 6.78. The first-order chi connectivity index (χ1) is 17.1. The Labute approximate surface area is 212 Å². The average molecular weight is 497 g/mol. The molecule has 9 nitrogen and oxygen atoms in total. The third-order valence-electron chi connectivity index (χ3n) is 6.17. The molecule has 3 rings (SSSR count). The monoisotopic (exact) mass is 496 g/mol. The lowest BCUT2D eigenvalue weighted by atomic mass is 9.98. The Kier molecular flexibility index (Phi) is 9.19. The van der Waals surface area contributed by atoms with Gasteiger partial charge in [0.25, 0.3) is 5.89 Å². The zero-order valence-electron chi connectivity index (χ0n) is 21.9. The standard InChI is InChI=1S/C27H36N4O5/c1-7-31(6)13-20-8-16(2)9-21(11-20)27-29-26(30-36-27)23-10-17(3)25(19(5)18(23)4)35-15-22(33)12-28-24(34)14-32/h8-11,22,32-33H,7,12-15H2,1-6H3,(H,28,34)/t22-/m0/s1. The smallest absolute Gasteiger partial charge is 0.258 e. The summed E-state index contributed by atoms with van der Waals surface area (Å²) >= 11 is 0. The molecule has 1 amide bonds. The summed E-state index contributed by atoms with van der Waals surface area (Å²) in [6.07, 6.45) is -0.907. The molecule has 36 heavy (non-hydrogen) atoms. The molecule has 0 saturated carbocycles. The lowest BCUT2D eigenvalue weighted by Crippen LogP contribution is -2.36. The summed E-state index contributed by atoms with van der Waals surface area (Å²) in [5.74, 6) is 1.09. The van der Waals surface area contributed by atoms with Gasteiger partial charge in [0.15, 0.2) is 0 Å². The molecule has 194 valence electrons. The second-order valence-electron chi connectivity index (χ2n) is 9.21. The number of hydrogen-bond donors (Lipinski definition) is 3. The highest BCUT2D eigenvalue weighted by molar-refractivity contribution is 5.76. The van der Waals surface area contributed by atoms with Crippen molar-refractivity contribution in [3.8, 4) is 28.6 Å². The van der Waals surface area contributed by atoms with Crippen LogP contribution in [0.2, 0.25) is 0 Å². The first kappa shape index (κ1) is 27.3. The number of carbonyl (C=O) groups excluding carboxylic acids is 1. The number of aliphatic hydroxyl groups is 2. The fraction of sp³-hybridized carbons (Fsp3) is 0.444. The first-order valence-electron chi connectivity index (χ1n) is 12.1. The van der Waals surface area contributed by atoms with Gasteiger partial charge in [-0.1, -0.05) is 23.7 Å². The first-order valence-corrected chi connectivity index (χ1v) is 12.1. The van der Waals surface area contributed by atoms with Crippen LogP contribution >= 0.6 is 0 Å². The SMILES string of the molecule is CCN(C)Cc1cc(C)cc(-c2nc(-c3cc(C)c(OC[C@@H](O)CNC(=O)CO)c(C)c3C)no2)c1. The van der Waals surface area contributed by atoms with E-state index in [0.717, 1.165) is 46.5 Å². The van der Waals surface area contributed by atoms with Crippen molar-refractivity contribution in [3.63, 3.8) is 0 Å². The van der Waals surface area contributed by atoms with Gasteiger partial charge in [-0.25, -0.2) is 0 Å². The summed E-state index contributed by atoms with van der Waals surface area (Å²) in [5, 5.41) is 25.5. The summed E-state index contributed by atoms with van der Waals surface area (Å²) in [7, 11) is 2.09. The maximum absolute atomic E-state index is 11.2. The molecule has 0 saturated heterocycles. The molecule has 1 heterocycles. The van der Waals surface area contributed by atoms with Crippen LogP contribution in [0.1, 0.15) is 34.7 Å². The maximum Gasteiger partial charge on any atom is 0.258 e. The van der Waals surface area contributed by atoms with Gasteiger partial charge in [-0.2, -0.15) is 4.98 Å². The summed E-state index contributed by atoms with van der Waals surface area (Å²) < 4.78 is 11.5. The van der Waals surface area contributed by atoms with E-state index in [2.05, 4.69) is 48.4 Å². The van der Waals surface area contributed by atoms with Crippen molar-refractivity contribution in [1.29, 1.82) is 0 Å². The van der Waals surface area contributed by atoms with Crippen LogP contribution in [-0.4, -0.2) is 70.6 Å². The van der Waals surface area contributed by atoms with Gasteiger partial charge in [0.1, 0.15) is 25.1 Å². The molecule has 1 aromatic heterocycles. The van der Waals surface area contributed by atoms with Crippen LogP contribution in [-0.2, 0) is 11.3 Å². The largest absolute Gasteiger partial charge is 0.490 e. The third-order valence-corrected chi connectivity index (χ3v) is 6.17. The Balaban J connectivity index is 1.81. The number of rotatable bonds is 11. The van der Waals surface area contributed by atoms with Crippen molar-refractivity contribution in [2.75, 3.05) is 33.4 Å². The highest BCUT2D eigenvalue weighted by atomic mass is 16.5. The van der Waals surface area contributed by atoms with E-state index < -0.39 is 18.6 Å². The number of benzene rings is 2. The van der Waals surface area contributed by atoms with Crippen LogP contribution < -0.4 is 10.1 Å². The average Bonchev–Trinajstić information content (AvgIpc) is 3.34. The van der Waals surface area contributed by atoms with Crippen molar-refractivity contribution in [3.05, 3.63) is 52.1 Å². The molecular formula is C27H36N4O5. The van der Waals surface area contributed by atoms with E-state index >= 15 is 0 Å². The second kappa shape index (κ2) is 12.1. The minimum absolute atomic E-state index is 0.00143. The van der Waals surface area contributed by atoms with Gasteiger partial charge in [0.05, 0.1) is 0 Å². The van der Waals surface area contributed by atoms with Crippen LogP contribution in [0.25, 0.3) is 22.8 Å². The van der Waals surface area contributed by atoms with E-state index in [1.165, 1.54) is 5.56 Å². The van der Waals surface area contributed by atoms with Crippen LogP contribution in [0.5, 0.6) is 5.75 Å². The predicted molar refractivity (Wildman–Crippen MR) is 138 cm³/mol. The van der Waals surface area contributed by atoms with E-state index in [9.17, 15) is 9.90 Å². The van der Waals surface area contributed by atoms with Crippen molar-refractivity contribution in [2.45, 2.75) is 47.3 Å². The molecular weight excluding hydrogens is 460 g/mol. The Morgan fingerprint density at radius 3 is 2.61 bits per heavy atom. The molecule has 2 aromatic carbocycles. The number of ether oxygens (including phenoxy) is 1. The molecule has 0 aliphatic rings. The molecule has 0 aliphatic heterocycles. The molecule has 0 fully saturated rings. The number of carbonyl (C=O) groups is 1. The quantitative estimate of drug-likeness (QED) is 0.371. The van der Waals surface area contributed by atoms with Crippen molar-refractivity contribution < 1.29 is 24.3 Å². The molecule has 0 bridgehead atoms. The molecule has 0 aliphatic carbocycles. The number of amides is 1. The number of nitrogens with one attached hydrogen (secondary N) is 1. The fourth-order valence-corrected chi connectivity index (χ4v) is 3.99. The maximum atomic E-state index is 11.2. The highest BCUT2D eigenvalue weighted by Crippen LogP contribution is 2.34. The van der Waals surface area contributed by atoms with E-state index in [1.807, 2.05) is 32.9 Å². The van der Waals surface area contributed by atoms with Crippen LogP contribution in [0, 0.1) is 27.7 Å². The number of aryl methyl sites for hydroxylation is 2. The molecule has 3 aromatic rings. The predicted octanol–water partition coefficient (Wildman–Crippen LogP) is 2.94. The van der Waals surface area contributed by atoms with Crippen molar-refractivity contribution >= 4 is 5.91 Å². The van der Waals surface area contributed by atoms with Crippen LogP contribution in [0.4, 0.5) is 0 Å². The fourth-order valence-electron chi connectivity index (χ4n) is 3.99. The Morgan fingerprint density at radius 2 is 1.92 bits per heavy atom. The third kappa shape index (κ3) is 6.69. The van der Waals surface area contributed by atoms with Crippen molar-refractivity contribution in [1.82, 2.24) is 20.4 Å². The van der Waals surface area contributed by atoms with Gasteiger partial charge in [-0.3, -0.25) is 4.79 Å². The number of aromatic nitrogens is 2. The Morgan fingerprint density at radius 1 is 1.17 bits per heavy atom.